The monoisotopic (exact) mass is 761 g/mol. The first-order valence-corrected chi connectivity index (χ1v) is 14.5. The van der Waals surface area contributed by atoms with Gasteiger partial charge in [0, 0.05) is 56.9 Å². The minimum atomic E-state index is 0. The van der Waals surface area contributed by atoms with Gasteiger partial charge in [0.15, 0.2) is 0 Å². The smallest absolute Gasteiger partial charge is 0.509 e. The molecular formula is C34H18N2O3PtS2. The summed E-state index contributed by atoms with van der Waals surface area (Å²) in [7, 11) is 0. The van der Waals surface area contributed by atoms with E-state index in [1.165, 1.54) is 0 Å². The maximum Gasteiger partial charge on any atom is 2.00 e. The number of benzene rings is 4. The molecule has 0 fully saturated rings. The fraction of sp³-hybridized carbons (Fsp3) is 0. The predicted molar refractivity (Wildman–Crippen MR) is 165 cm³/mol. The first-order chi connectivity index (χ1) is 20.3. The van der Waals surface area contributed by atoms with E-state index in [2.05, 4.69) is 46.4 Å². The van der Waals surface area contributed by atoms with Crippen LogP contribution in [0.3, 0.4) is 0 Å². The molecule has 0 radical (unpaired) electrons. The number of pyridine rings is 2. The number of thiophene rings is 2. The standard InChI is InChI=1S/C34H18N2O3S2.Pt/c1-3-11-29-23(9-1)25-17-21(19-27(33(25)40-29)38-31-13-5-7-15-35-31)37-22-18-26-24-10-2-4-12-30(24)41-34(26)28(20-22)39-32-14-6-8-16-36-32;/h1-18H;/q-2;+2. The van der Waals surface area contributed by atoms with Crippen molar-refractivity contribution in [2.45, 2.75) is 0 Å². The fourth-order valence-corrected chi connectivity index (χ4v) is 7.06. The zero-order chi connectivity index (χ0) is 27.2. The molecule has 0 aliphatic carbocycles. The Kier molecular flexibility index (Phi) is 7.08. The number of aromatic nitrogens is 2. The third kappa shape index (κ3) is 4.90. The molecule has 204 valence electrons. The Morgan fingerprint density at radius 2 is 0.952 bits per heavy atom. The van der Waals surface area contributed by atoms with E-state index >= 15 is 0 Å². The van der Waals surface area contributed by atoms with Crippen LogP contribution in [0.5, 0.6) is 34.8 Å². The van der Waals surface area contributed by atoms with Gasteiger partial charge in [-0.15, -0.1) is 22.9 Å². The summed E-state index contributed by atoms with van der Waals surface area (Å²) in [6.45, 7) is 0. The van der Waals surface area contributed by atoms with Crippen molar-refractivity contribution >= 4 is 63.0 Å². The van der Waals surface area contributed by atoms with Crippen LogP contribution in [0.2, 0.25) is 0 Å². The number of hydrogen-bond donors (Lipinski definition) is 0. The Labute approximate surface area is 263 Å². The summed E-state index contributed by atoms with van der Waals surface area (Å²) in [6.07, 6.45) is 3.41. The molecule has 5 nitrogen and oxygen atoms in total. The third-order valence-electron chi connectivity index (χ3n) is 6.61. The Balaban J connectivity index is 0.00000288. The zero-order valence-corrected chi connectivity index (χ0v) is 25.5. The summed E-state index contributed by atoms with van der Waals surface area (Å²) in [6, 6.07) is 38.4. The second kappa shape index (κ2) is 11.2. The Morgan fingerprint density at radius 1 is 0.500 bits per heavy atom. The summed E-state index contributed by atoms with van der Waals surface area (Å²) in [4.78, 5) is 8.70. The van der Waals surface area contributed by atoms with Crippen LogP contribution in [0.1, 0.15) is 0 Å². The van der Waals surface area contributed by atoms with Crippen molar-refractivity contribution in [3.05, 3.63) is 122 Å². The number of rotatable bonds is 6. The predicted octanol–water partition coefficient (Wildman–Crippen LogP) is 10.2. The van der Waals surface area contributed by atoms with E-state index < -0.39 is 0 Å². The molecule has 0 amide bonds. The fourth-order valence-electron chi connectivity index (χ4n) is 4.82. The van der Waals surface area contributed by atoms with Crippen LogP contribution < -0.4 is 14.2 Å². The van der Waals surface area contributed by atoms with Gasteiger partial charge in [0.2, 0.25) is 11.8 Å². The van der Waals surface area contributed by atoms with Crippen molar-refractivity contribution in [2.24, 2.45) is 0 Å². The quantitative estimate of drug-likeness (QED) is 0.158. The van der Waals surface area contributed by atoms with Crippen molar-refractivity contribution in [1.29, 1.82) is 0 Å². The summed E-state index contributed by atoms with van der Waals surface area (Å²) in [5, 5.41) is 4.30. The maximum atomic E-state index is 6.49. The Bertz CT molecular complexity index is 2040. The molecule has 8 heteroatoms. The molecule has 4 aromatic carbocycles. The average Bonchev–Trinajstić information content (AvgIpc) is 3.58. The van der Waals surface area contributed by atoms with Gasteiger partial charge in [0.05, 0.1) is 0 Å². The molecule has 0 bridgehead atoms. The molecule has 0 atom stereocenters. The SMILES string of the molecule is [Pt+2].[c-]1c(Oc2[c-]c(Oc3ccccn3)c3sc4ccccc4c3c2)cc2c(sc3ccccc32)c1Oc1ccccn1. The zero-order valence-electron chi connectivity index (χ0n) is 21.6. The van der Waals surface area contributed by atoms with Gasteiger partial charge in [-0.3, -0.25) is 0 Å². The first kappa shape index (κ1) is 26.6. The second-order valence-electron chi connectivity index (χ2n) is 9.25. The second-order valence-corrected chi connectivity index (χ2v) is 11.4. The minimum absolute atomic E-state index is 0. The summed E-state index contributed by atoms with van der Waals surface area (Å²) in [5.41, 5.74) is 0. The van der Waals surface area contributed by atoms with E-state index in [1.807, 2.05) is 72.8 Å². The average molecular weight is 762 g/mol. The molecule has 0 saturated carbocycles. The normalized spacial score (nSPS) is 11.1. The third-order valence-corrected chi connectivity index (χ3v) is 8.98. The van der Waals surface area contributed by atoms with Crippen LogP contribution in [0.15, 0.2) is 109 Å². The van der Waals surface area contributed by atoms with E-state index in [1.54, 1.807) is 35.1 Å². The van der Waals surface area contributed by atoms with Gasteiger partial charge in [-0.1, -0.05) is 60.7 Å². The molecular weight excluding hydrogens is 744 g/mol. The van der Waals surface area contributed by atoms with Gasteiger partial charge in [-0.2, -0.15) is 0 Å². The van der Waals surface area contributed by atoms with E-state index in [4.69, 9.17) is 14.2 Å². The molecule has 42 heavy (non-hydrogen) atoms. The maximum absolute atomic E-state index is 6.49. The summed E-state index contributed by atoms with van der Waals surface area (Å²) >= 11 is 3.32. The van der Waals surface area contributed by atoms with Crippen molar-refractivity contribution in [3.8, 4) is 34.8 Å². The molecule has 8 rings (SSSR count). The van der Waals surface area contributed by atoms with Gasteiger partial charge in [-0.25, -0.2) is 32.6 Å². The van der Waals surface area contributed by atoms with E-state index in [0.29, 0.717) is 34.8 Å². The topological polar surface area (TPSA) is 53.5 Å². The van der Waals surface area contributed by atoms with Gasteiger partial charge in [0.25, 0.3) is 0 Å². The van der Waals surface area contributed by atoms with Gasteiger partial charge in [0.1, 0.15) is 0 Å². The summed E-state index contributed by atoms with van der Waals surface area (Å²) < 4.78 is 23.2. The van der Waals surface area contributed by atoms with E-state index in [-0.39, 0.29) is 21.1 Å². The largest absolute Gasteiger partial charge is 2.00 e. The van der Waals surface area contributed by atoms with Crippen molar-refractivity contribution in [1.82, 2.24) is 9.97 Å². The van der Waals surface area contributed by atoms with Gasteiger partial charge in [-0.05, 0) is 44.4 Å². The first-order valence-electron chi connectivity index (χ1n) is 12.9. The van der Waals surface area contributed by atoms with Gasteiger partial charge >= 0.3 is 21.1 Å². The molecule has 0 aliphatic heterocycles. The van der Waals surface area contributed by atoms with Crippen LogP contribution in [-0.2, 0) is 21.1 Å². The van der Waals surface area contributed by atoms with Crippen LogP contribution in [0.25, 0.3) is 40.3 Å². The number of hydrogen-bond acceptors (Lipinski definition) is 7. The van der Waals surface area contributed by atoms with Crippen LogP contribution >= 0.6 is 22.7 Å². The van der Waals surface area contributed by atoms with Crippen LogP contribution in [0.4, 0.5) is 0 Å². The molecule has 0 saturated heterocycles. The Morgan fingerprint density at radius 3 is 1.40 bits per heavy atom. The molecule has 0 aliphatic rings. The number of nitrogens with zero attached hydrogens (tertiary/aromatic N) is 2. The van der Waals surface area contributed by atoms with Crippen LogP contribution in [0, 0.1) is 12.1 Å². The Hall–Kier alpha value is -4.29. The van der Waals surface area contributed by atoms with Crippen LogP contribution in [-0.4, -0.2) is 9.97 Å². The molecule has 0 N–H and O–H groups in total. The van der Waals surface area contributed by atoms with E-state index in [9.17, 15) is 0 Å². The molecule has 4 heterocycles. The molecule has 0 spiro atoms. The van der Waals surface area contributed by atoms with Crippen molar-refractivity contribution < 1.29 is 35.3 Å². The minimum Gasteiger partial charge on any atom is -0.509 e. The molecule has 8 aromatic rings. The van der Waals surface area contributed by atoms with Gasteiger partial charge < -0.3 is 14.2 Å². The van der Waals surface area contributed by atoms with Crippen molar-refractivity contribution in [3.63, 3.8) is 0 Å². The summed E-state index contributed by atoms with van der Waals surface area (Å²) in [5.74, 6) is 3.11. The number of ether oxygens (including phenoxy) is 3. The number of fused-ring (bicyclic) bond motifs is 6. The molecule has 4 aromatic heterocycles. The van der Waals surface area contributed by atoms with Crippen molar-refractivity contribution in [2.75, 3.05) is 0 Å². The molecule has 0 unspecified atom stereocenters. The van der Waals surface area contributed by atoms with E-state index in [0.717, 1.165) is 40.3 Å².